The van der Waals surface area contributed by atoms with Crippen LogP contribution in [0.3, 0.4) is 0 Å². The van der Waals surface area contributed by atoms with E-state index < -0.39 is 0 Å². The van der Waals surface area contributed by atoms with Crippen molar-refractivity contribution in [2.24, 2.45) is 5.10 Å². The minimum atomic E-state index is 0.356. The van der Waals surface area contributed by atoms with E-state index in [0.29, 0.717) is 5.95 Å². The van der Waals surface area contributed by atoms with Crippen molar-refractivity contribution < 1.29 is 0 Å². The van der Waals surface area contributed by atoms with Gasteiger partial charge in [0.1, 0.15) is 0 Å². The van der Waals surface area contributed by atoms with E-state index in [4.69, 9.17) is 0 Å². The number of hydrazone groups is 1. The Morgan fingerprint density at radius 1 is 1.57 bits per heavy atom. The summed E-state index contributed by atoms with van der Waals surface area (Å²) in [5.74, 6) is 0.356. The van der Waals surface area contributed by atoms with Crippen LogP contribution in [0.5, 0.6) is 0 Å². The van der Waals surface area contributed by atoms with Crippen LogP contribution in [0.1, 0.15) is 9.75 Å². The third kappa shape index (κ3) is 2.13. The number of tetrazole rings is 1. The van der Waals surface area contributed by atoms with Gasteiger partial charge in [-0.25, -0.2) is 5.43 Å². The van der Waals surface area contributed by atoms with Crippen LogP contribution in [0.25, 0.3) is 0 Å². The molecule has 6 nitrogen and oxygen atoms in total. The number of hydrogen-bond acceptors (Lipinski definition) is 6. The molecule has 2 aromatic rings. The predicted octanol–water partition coefficient (Wildman–Crippen LogP) is 1.02. The molecule has 0 spiro atoms. The van der Waals surface area contributed by atoms with Gasteiger partial charge in [-0.05, 0) is 24.3 Å². The molecule has 0 aliphatic heterocycles. The van der Waals surface area contributed by atoms with Crippen LogP contribution in [0.4, 0.5) is 5.95 Å². The first-order valence-electron chi connectivity index (χ1n) is 3.93. The number of rotatable bonds is 3. The van der Waals surface area contributed by atoms with Crippen LogP contribution in [0.15, 0.2) is 17.2 Å². The molecule has 2 aromatic heterocycles. The molecule has 0 fully saturated rings. The Labute approximate surface area is 84.0 Å². The normalized spacial score (nSPS) is 10.9. The highest BCUT2D eigenvalue weighted by Gasteiger charge is 1.93. The molecule has 2 N–H and O–H groups in total. The van der Waals surface area contributed by atoms with E-state index in [9.17, 15) is 0 Å². The van der Waals surface area contributed by atoms with Gasteiger partial charge in [0.05, 0.1) is 6.21 Å². The number of H-pyrrole nitrogens is 1. The molecule has 0 amide bonds. The maximum atomic E-state index is 3.95. The molecule has 7 heteroatoms. The molecule has 0 saturated heterocycles. The summed E-state index contributed by atoms with van der Waals surface area (Å²) < 4.78 is 0. The summed E-state index contributed by atoms with van der Waals surface area (Å²) in [7, 11) is 0. The van der Waals surface area contributed by atoms with Gasteiger partial charge < -0.3 is 0 Å². The monoisotopic (exact) mass is 208 g/mol. The lowest BCUT2D eigenvalue weighted by atomic mass is 10.4. The summed E-state index contributed by atoms with van der Waals surface area (Å²) >= 11 is 1.67. The number of anilines is 1. The average molecular weight is 208 g/mol. The second kappa shape index (κ2) is 3.97. The maximum absolute atomic E-state index is 3.95. The number of nitrogens with zero attached hydrogens (tertiary/aromatic N) is 4. The molecule has 0 saturated carbocycles. The van der Waals surface area contributed by atoms with Crippen LogP contribution in [-0.4, -0.2) is 26.8 Å². The fraction of sp³-hybridized carbons (Fsp3) is 0.143. The Hall–Kier alpha value is -1.76. The highest BCUT2D eigenvalue weighted by atomic mass is 32.1. The fourth-order valence-electron chi connectivity index (χ4n) is 0.886. The number of aromatic amines is 1. The summed E-state index contributed by atoms with van der Waals surface area (Å²) in [6.07, 6.45) is 1.72. The zero-order valence-corrected chi connectivity index (χ0v) is 8.25. The Kier molecular flexibility index (Phi) is 2.50. The molecule has 0 aromatic carbocycles. The van der Waals surface area contributed by atoms with E-state index >= 15 is 0 Å². The van der Waals surface area contributed by atoms with Crippen LogP contribution >= 0.6 is 11.3 Å². The smallest absolute Gasteiger partial charge is 0.243 e. The molecular formula is C7H8N6S. The van der Waals surface area contributed by atoms with Crippen molar-refractivity contribution >= 4 is 23.5 Å². The van der Waals surface area contributed by atoms with E-state index in [2.05, 4.69) is 38.1 Å². The van der Waals surface area contributed by atoms with Crippen LogP contribution in [0.2, 0.25) is 0 Å². The Bertz CT molecular complexity index is 417. The molecule has 14 heavy (non-hydrogen) atoms. The number of aryl methyl sites for hydroxylation is 1. The summed E-state index contributed by atoms with van der Waals surface area (Å²) in [4.78, 5) is 2.34. The molecule has 0 atom stereocenters. The maximum Gasteiger partial charge on any atom is 0.283 e. The molecule has 0 unspecified atom stereocenters. The second-order valence-electron chi connectivity index (χ2n) is 2.55. The van der Waals surface area contributed by atoms with E-state index in [0.717, 1.165) is 4.88 Å². The first-order valence-corrected chi connectivity index (χ1v) is 4.75. The van der Waals surface area contributed by atoms with Crippen molar-refractivity contribution in [3.05, 3.63) is 21.9 Å². The topological polar surface area (TPSA) is 78.9 Å². The van der Waals surface area contributed by atoms with E-state index in [1.807, 2.05) is 12.1 Å². The Morgan fingerprint density at radius 2 is 2.50 bits per heavy atom. The average Bonchev–Trinajstić information content (AvgIpc) is 2.77. The van der Waals surface area contributed by atoms with Crippen molar-refractivity contribution in [1.29, 1.82) is 0 Å². The number of thiophene rings is 1. The standard InChI is InChI=1S/C7H8N6S/c1-5-2-3-6(14-5)4-8-9-7-10-12-13-11-7/h2-4H,1H3,(H2,9,10,11,12,13)/b8-4-. The van der Waals surface area contributed by atoms with E-state index in [-0.39, 0.29) is 0 Å². The van der Waals surface area contributed by atoms with Gasteiger partial charge in [-0.3, -0.25) is 0 Å². The minimum Gasteiger partial charge on any atom is -0.243 e. The highest BCUT2D eigenvalue weighted by Crippen LogP contribution is 2.12. The lowest BCUT2D eigenvalue weighted by Gasteiger charge is -1.87. The molecule has 0 bridgehead atoms. The van der Waals surface area contributed by atoms with Gasteiger partial charge in [-0.15, -0.1) is 16.4 Å². The van der Waals surface area contributed by atoms with Crippen molar-refractivity contribution in [2.75, 3.05) is 5.43 Å². The third-order valence-corrected chi connectivity index (χ3v) is 2.40. The lowest BCUT2D eigenvalue weighted by Crippen LogP contribution is -1.91. The highest BCUT2D eigenvalue weighted by molar-refractivity contribution is 7.13. The summed E-state index contributed by atoms with van der Waals surface area (Å²) in [6.45, 7) is 2.05. The van der Waals surface area contributed by atoms with Gasteiger partial charge in [0.25, 0.3) is 5.95 Å². The largest absolute Gasteiger partial charge is 0.283 e. The van der Waals surface area contributed by atoms with Gasteiger partial charge in [0.2, 0.25) is 0 Å². The Balaban J connectivity index is 1.95. The van der Waals surface area contributed by atoms with E-state index in [1.54, 1.807) is 17.6 Å². The Morgan fingerprint density at radius 3 is 3.14 bits per heavy atom. The SMILES string of the molecule is Cc1ccc(/C=N\Nc2nn[nH]n2)s1. The molecular weight excluding hydrogens is 200 g/mol. The number of hydrogen-bond donors (Lipinski definition) is 2. The van der Waals surface area contributed by atoms with Crippen LogP contribution in [0, 0.1) is 6.92 Å². The van der Waals surface area contributed by atoms with Gasteiger partial charge >= 0.3 is 0 Å². The van der Waals surface area contributed by atoms with E-state index in [1.165, 1.54) is 4.88 Å². The van der Waals surface area contributed by atoms with Gasteiger partial charge in [0.15, 0.2) is 0 Å². The van der Waals surface area contributed by atoms with Crippen molar-refractivity contribution in [3.63, 3.8) is 0 Å². The predicted molar refractivity (Wildman–Crippen MR) is 54.5 cm³/mol. The molecule has 72 valence electrons. The molecule has 0 aliphatic carbocycles. The van der Waals surface area contributed by atoms with Gasteiger partial charge in [0, 0.05) is 9.75 Å². The summed E-state index contributed by atoms with van der Waals surface area (Å²) in [6, 6.07) is 4.04. The molecule has 2 heterocycles. The number of nitrogens with one attached hydrogen (secondary N) is 2. The van der Waals surface area contributed by atoms with Crippen LogP contribution < -0.4 is 5.43 Å². The summed E-state index contributed by atoms with van der Waals surface area (Å²) in [5.41, 5.74) is 2.64. The van der Waals surface area contributed by atoms with Gasteiger partial charge in [-0.1, -0.05) is 5.10 Å². The zero-order valence-electron chi connectivity index (χ0n) is 7.43. The summed E-state index contributed by atoms with van der Waals surface area (Å²) in [5, 5.41) is 17.0. The van der Waals surface area contributed by atoms with Crippen molar-refractivity contribution in [3.8, 4) is 0 Å². The molecule has 2 rings (SSSR count). The van der Waals surface area contributed by atoms with Crippen molar-refractivity contribution in [2.45, 2.75) is 6.92 Å². The molecule has 0 radical (unpaired) electrons. The minimum absolute atomic E-state index is 0.356. The van der Waals surface area contributed by atoms with Gasteiger partial charge in [-0.2, -0.15) is 10.3 Å². The third-order valence-electron chi connectivity index (χ3n) is 1.46. The fourth-order valence-corrected chi connectivity index (χ4v) is 1.63. The van der Waals surface area contributed by atoms with Crippen LogP contribution in [-0.2, 0) is 0 Å². The number of aromatic nitrogens is 4. The zero-order chi connectivity index (χ0) is 9.80. The van der Waals surface area contributed by atoms with Crippen molar-refractivity contribution in [1.82, 2.24) is 20.6 Å². The first kappa shape index (κ1) is 8.82. The lowest BCUT2D eigenvalue weighted by molar-refractivity contribution is 0.881. The molecule has 0 aliphatic rings. The second-order valence-corrected chi connectivity index (χ2v) is 3.87. The quantitative estimate of drug-likeness (QED) is 0.583. The first-order chi connectivity index (χ1) is 6.84.